The Morgan fingerprint density at radius 2 is 1.93 bits per heavy atom. The third-order valence-electron chi connectivity index (χ3n) is 4.86. The van der Waals surface area contributed by atoms with Crippen molar-refractivity contribution in [2.75, 3.05) is 26.8 Å². The number of ether oxygens (including phenoxy) is 1. The van der Waals surface area contributed by atoms with Crippen LogP contribution in [0.3, 0.4) is 0 Å². The molecule has 3 rings (SSSR count). The van der Waals surface area contributed by atoms with Gasteiger partial charge in [0.25, 0.3) is 0 Å². The standard InChI is InChI=1S/C20H25N3O4/c1-13-5-7-16(8-6-13)19-21-17(15(3)27-19)11-23-14(2)20(25)22(9-10-26-4)12-18(23)24/h5-8,14H,9-12H2,1-4H3/t14-/m0/s1. The van der Waals surface area contributed by atoms with Gasteiger partial charge in [-0.1, -0.05) is 17.7 Å². The van der Waals surface area contributed by atoms with Crippen molar-refractivity contribution < 1.29 is 18.7 Å². The van der Waals surface area contributed by atoms with Gasteiger partial charge in [-0.05, 0) is 32.9 Å². The van der Waals surface area contributed by atoms with Crippen LogP contribution in [0.5, 0.6) is 0 Å². The van der Waals surface area contributed by atoms with Gasteiger partial charge in [-0.15, -0.1) is 0 Å². The molecule has 1 aromatic carbocycles. The van der Waals surface area contributed by atoms with E-state index in [2.05, 4.69) is 4.98 Å². The van der Waals surface area contributed by atoms with Gasteiger partial charge in [-0.3, -0.25) is 9.59 Å². The summed E-state index contributed by atoms with van der Waals surface area (Å²) >= 11 is 0. The van der Waals surface area contributed by atoms with Gasteiger partial charge in [0.05, 0.1) is 19.7 Å². The second kappa shape index (κ2) is 7.92. The molecule has 2 amide bonds. The van der Waals surface area contributed by atoms with Crippen LogP contribution in [0, 0.1) is 13.8 Å². The van der Waals surface area contributed by atoms with Gasteiger partial charge in [-0.25, -0.2) is 4.98 Å². The molecule has 1 saturated heterocycles. The second-order valence-corrected chi connectivity index (χ2v) is 6.84. The van der Waals surface area contributed by atoms with Crippen LogP contribution in [0.25, 0.3) is 11.5 Å². The Bertz CT molecular complexity index is 828. The van der Waals surface area contributed by atoms with Gasteiger partial charge in [0.2, 0.25) is 17.7 Å². The normalized spacial score (nSPS) is 17.7. The number of amides is 2. The summed E-state index contributed by atoms with van der Waals surface area (Å²) in [6.45, 7) is 6.74. The molecule has 144 valence electrons. The minimum Gasteiger partial charge on any atom is -0.441 e. The minimum absolute atomic E-state index is 0.0637. The number of carbonyl (C=O) groups is 2. The lowest BCUT2D eigenvalue weighted by Gasteiger charge is -2.38. The molecular formula is C20H25N3O4. The molecule has 1 aromatic heterocycles. The quantitative estimate of drug-likeness (QED) is 0.778. The molecule has 7 nitrogen and oxygen atoms in total. The molecule has 7 heteroatoms. The third-order valence-corrected chi connectivity index (χ3v) is 4.86. The highest BCUT2D eigenvalue weighted by Crippen LogP contribution is 2.24. The number of hydrogen-bond acceptors (Lipinski definition) is 5. The summed E-state index contributed by atoms with van der Waals surface area (Å²) in [6, 6.07) is 7.37. The number of oxazole rings is 1. The number of piperazine rings is 1. The first-order valence-electron chi connectivity index (χ1n) is 9.01. The molecule has 0 unspecified atom stereocenters. The van der Waals surface area contributed by atoms with Gasteiger partial charge < -0.3 is 19.0 Å². The smallest absolute Gasteiger partial charge is 0.245 e. The second-order valence-electron chi connectivity index (χ2n) is 6.84. The van der Waals surface area contributed by atoms with Gasteiger partial charge >= 0.3 is 0 Å². The molecule has 1 aliphatic rings. The predicted molar refractivity (Wildman–Crippen MR) is 99.9 cm³/mol. The zero-order valence-electron chi connectivity index (χ0n) is 16.2. The number of benzene rings is 1. The molecule has 0 bridgehead atoms. The number of nitrogens with zero attached hydrogens (tertiary/aromatic N) is 3. The van der Waals surface area contributed by atoms with Crippen molar-refractivity contribution in [3.05, 3.63) is 41.3 Å². The number of methoxy groups -OCH3 is 1. The summed E-state index contributed by atoms with van der Waals surface area (Å²) in [6.07, 6.45) is 0. The summed E-state index contributed by atoms with van der Waals surface area (Å²) < 4.78 is 10.8. The van der Waals surface area contributed by atoms with Crippen LogP contribution in [0.2, 0.25) is 0 Å². The minimum atomic E-state index is -0.540. The maximum Gasteiger partial charge on any atom is 0.245 e. The van der Waals surface area contributed by atoms with Crippen molar-refractivity contribution in [2.45, 2.75) is 33.4 Å². The Kier molecular flexibility index (Phi) is 5.60. The summed E-state index contributed by atoms with van der Waals surface area (Å²) in [5, 5.41) is 0. The van der Waals surface area contributed by atoms with Crippen LogP contribution in [-0.2, 0) is 20.9 Å². The van der Waals surface area contributed by atoms with E-state index in [4.69, 9.17) is 9.15 Å². The largest absolute Gasteiger partial charge is 0.441 e. The van der Waals surface area contributed by atoms with Crippen molar-refractivity contribution >= 4 is 11.8 Å². The molecule has 0 aliphatic carbocycles. The van der Waals surface area contributed by atoms with Crippen molar-refractivity contribution in [3.8, 4) is 11.5 Å². The van der Waals surface area contributed by atoms with Gasteiger partial charge in [0.15, 0.2) is 0 Å². The lowest BCUT2D eigenvalue weighted by Crippen LogP contribution is -2.58. The van der Waals surface area contributed by atoms with E-state index in [1.165, 1.54) is 0 Å². The highest BCUT2D eigenvalue weighted by molar-refractivity contribution is 5.94. The van der Waals surface area contributed by atoms with Gasteiger partial charge in [0, 0.05) is 19.2 Å². The van der Waals surface area contributed by atoms with E-state index < -0.39 is 6.04 Å². The number of hydrogen-bond donors (Lipinski definition) is 0. The van der Waals surface area contributed by atoms with Crippen molar-refractivity contribution in [3.63, 3.8) is 0 Å². The number of aromatic nitrogens is 1. The zero-order valence-corrected chi connectivity index (χ0v) is 16.2. The van der Waals surface area contributed by atoms with E-state index in [9.17, 15) is 9.59 Å². The highest BCUT2D eigenvalue weighted by Gasteiger charge is 2.36. The lowest BCUT2D eigenvalue weighted by atomic mass is 10.1. The van der Waals surface area contributed by atoms with Crippen LogP contribution in [0.4, 0.5) is 0 Å². The molecule has 1 atom stereocenters. The Morgan fingerprint density at radius 1 is 1.22 bits per heavy atom. The van der Waals surface area contributed by atoms with Crippen molar-refractivity contribution in [2.24, 2.45) is 0 Å². The fourth-order valence-electron chi connectivity index (χ4n) is 3.12. The first kappa shape index (κ1) is 19.1. The Labute approximate surface area is 158 Å². The Hall–Kier alpha value is -2.67. The van der Waals surface area contributed by atoms with E-state index in [1.54, 1.807) is 23.8 Å². The average Bonchev–Trinajstić information content (AvgIpc) is 3.01. The van der Waals surface area contributed by atoms with Gasteiger partial charge in [-0.2, -0.15) is 0 Å². The highest BCUT2D eigenvalue weighted by atomic mass is 16.5. The third kappa shape index (κ3) is 4.03. The maximum atomic E-state index is 12.6. The van der Waals surface area contributed by atoms with E-state index in [0.29, 0.717) is 30.5 Å². The summed E-state index contributed by atoms with van der Waals surface area (Å²) in [4.78, 5) is 32.8. The fraction of sp³-hybridized carbons (Fsp3) is 0.450. The SMILES string of the molecule is COCCN1CC(=O)N(Cc2nc(-c3ccc(C)cc3)oc2C)[C@@H](C)C1=O. The van der Waals surface area contributed by atoms with Crippen LogP contribution >= 0.6 is 0 Å². The first-order chi connectivity index (χ1) is 12.9. The van der Waals surface area contributed by atoms with Crippen molar-refractivity contribution in [1.82, 2.24) is 14.8 Å². The van der Waals surface area contributed by atoms with Crippen molar-refractivity contribution in [1.29, 1.82) is 0 Å². The zero-order chi connectivity index (χ0) is 19.6. The Morgan fingerprint density at radius 3 is 2.59 bits per heavy atom. The fourth-order valence-corrected chi connectivity index (χ4v) is 3.12. The molecule has 1 fully saturated rings. The summed E-state index contributed by atoms with van der Waals surface area (Å²) in [5.74, 6) is 0.997. The molecule has 27 heavy (non-hydrogen) atoms. The molecule has 2 heterocycles. The molecule has 0 radical (unpaired) electrons. The summed E-state index contributed by atoms with van der Waals surface area (Å²) in [7, 11) is 1.57. The molecule has 0 saturated carbocycles. The van der Waals surface area contributed by atoms with Crippen LogP contribution in [0.15, 0.2) is 28.7 Å². The topological polar surface area (TPSA) is 75.9 Å². The van der Waals surface area contributed by atoms with Crippen LogP contribution in [0.1, 0.15) is 23.9 Å². The van der Waals surface area contributed by atoms with Crippen LogP contribution < -0.4 is 0 Å². The molecule has 0 spiro atoms. The van der Waals surface area contributed by atoms with E-state index in [-0.39, 0.29) is 24.9 Å². The average molecular weight is 371 g/mol. The molecular weight excluding hydrogens is 346 g/mol. The predicted octanol–water partition coefficient (Wildman–Crippen LogP) is 2.16. The monoisotopic (exact) mass is 371 g/mol. The Balaban J connectivity index is 1.76. The van der Waals surface area contributed by atoms with Gasteiger partial charge in [0.1, 0.15) is 17.5 Å². The first-order valence-corrected chi connectivity index (χ1v) is 9.01. The lowest BCUT2D eigenvalue weighted by molar-refractivity contribution is -0.156. The molecule has 0 N–H and O–H groups in total. The number of rotatable bonds is 6. The maximum absolute atomic E-state index is 12.6. The molecule has 2 aromatic rings. The number of aryl methyl sites for hydroxylation is 2. The van der Waals surface area contributed by atoms with E-state index >= 15 is 0 Å². The van der Waals surface area contributed by atoms with E-state index in [0.717, 1.165) is 11.1 Å². The van der Waals surface area contributed by atoms with E-state index in [1.807, 2.05) is 38.1 Å². The van der Waals surface area contributed by atoms with Crippen LogP contribution in [-0.4, -0.2) is 59.4 Å². The molecule has 1 aliphatic heterocycles. The number of carbonyl (C=O) groups excluding carboxylic acids is 2. The summed E-state index contributed by atoms with van der Waals surface area (Å²) in [5.41, 5.74) is 2.71.